The SMILES string of the molecule is COc1cccc(S(=O)(=O)N2CCN(Cc3ccsc3)CC2)c1. The smallest absolute Gasteiger partial charge is 0.243 e. The van der Waals surface area contributed by atoms with Crippen molar-refractivity contribution in [2.75, 3.05) is 33.3 Å². The number of benzene rings is 1. The topological polar surface area (TPSA) is 49.9 Å². The summed E-state index contributed by atoms with van der Waals surface area (Å²) in [6.45, 7) is 3.42. The Labute approximate surface area is 141 Å². The van der Waals surface area contributed by atoms with Crippen LogP contribution in [-0.2, 0) is 16.6 Å². The van der Waals surface area contributed by atoms with E-state index in [1.165, 1.54) is 12.7 Å². The fourth-order valence-electron chi connectivity index (χ4n) is 2.68. The number of hydrogen-bond acceptors (Lipinski definition) is 5. The lowest BCUT2D eigenvalue weighted by Crippen LogP contribution is -2.48. The van der Waals surface area contributed by atoms with Gasteiger partial charge < -0.3 is 4.74 Å². The van der Waals surface area contributed by atoms with Crippen LogP contribution in [0.2, 0.25) is 0 Å². The van der Waals surface area contributed by atoms with Crippen molar-refractivity contribution in [2.24, 2.45) is 0 Å². The van der Waals surface area contributed by atoms with Gasteiger partial charge in [0.05, 0.1) is 12.0 Å². The lowest BCUT2D eigenvalue weighted by molar-refractivity contribution is 0.182. The maximum absolute atomic E-state index is 12.7. The van der Waals surface area contributed by atoms with Gasteiger partial charge in [-0.2, -0.15) is 15.6 Å². The standard InChI is InChI=1S/C16H20N2O3S2/c1-21-15-3-2-4-16(11-15)23(19,20)18-8-6-17(7-9-18)12-14-5-10-22-13-14/h2-5,10-11,13H,6-9,12H2,1H3. The Bertz CT molecular complexity index is 736. The van der Waals surface area contributed by atoms with Crippen LogP contribution in [0.1, 0.15) is 5.56 Å². The molecule has 1 fully saturated rings. The first-order valence-electron chi connectivity index (χ1n) is 7.47. The van der Waals surface area contributed by atoms with E-state index in [9.17, 15) is 8.42 Å². The van der Waals surface area contributed by atoms with Crippen LogP contribution in [-0.4, -0.2) is 50.9 Å². The Balaban J connectivity index is 1.66. The minimum absolute atomic E-state index is 0.295. The molecule has 0 saturated carbocycles. The summed E-state index contributed by atoms with van der Waals surface area (Å²) in [6.07, 6.45) is 0. The van der Waals surface area contributed by atoms with Crippen LogP contribution in [0, 0.1) is 0 Å². The van der Waals surface area contributed by atoms with E-state index in [0.717, 1.165) is 19.6 Å². The van der Waals surface area contributed by atoms with Gasteiger partial charge in [-0.3, -0.25) is 4.90 Å². The van der Waals surface area contributed by atoms with Crippen molar-refractivity contribution in [2.45, 2.75) is 11.4 Å². The molecule has 3 rings (SSSR count). The van der Waals surface area contributed by atoms with E-state index >= 15 is 0 Å². The molecule has 0 radical (unpaired) electrons. The molecule has 0 spiro atoms. The average molecular weight is 352 g/mol. The molecular formula is C16H20N2O3S2. The third-order valence-corrected chi connectivity index (χ3v) is 6.62. The minimum Gasteiger partial charge on any atom is -0.497 e. The van der Waals surface area contributed by atoms with Gasteiger partial charge in [-0.15, -0.1) is 0 Å². The summed E-state index contributed by atoms with van der Waals surface area (Å²) >= 11 is 1.69. The van der Waals surface area contributed by atoms with Crippen molar-refractivity contribution in [3.05, 3.63) is 46.7 Å². The van der Waals surface area contributed by atoms with Crippen LogP contribution in [0.5, 0.6) is 5.75 Å². The average Bonchev–Trinajstić information content (AvgIpc) is 3.08. The molecule has 23 heavy (non-hydrogen) atoms. The maximum atomic E-state index is 12.7. The zero-order valence-electron chi connectivity index (χ0n) is 13.0. The second kappa shape index (κ2) is 7.00. The highest BCUT2D eigenvalue weighted by Crippen LogP contribution is 2.22. The van der Waals surface area contributed by atoms with E-state index in [0.29, 0.717) is 23.7 Å². The normalized spacial score (nSPS) is 17.3. The molecule has 7 heteroatoms. The predicted molar refractivity (Wildman–Crippen MR) is 91.3 cm³/mol. The van der Waals surface area contributed by atoms with Gasteiger partial charge in [-0.1, -0.05) is 6.07 Å². The van der Waals surface area contributed by atoms with E-state index in [4.69, 9.17) is 4.74 Å². The Morgan fingerprint density at radius 3 is 2.61 bits per heavy atom. The number of methoxy groups -OCH3 is 1. The van der Waals surface area contributed by atoms with Gasteiger partial charge in [-0.05, 0) is 34.5 Å². The van der Waals surface area contributed by atoms with E-state index in [1.54, 1.807) is 39.9 Å². The molecule has 2 heterocycles. The third-order valence-electron chi connectivity index (χ3n) is 4.00. The molecule has 0 amide bonds. The first kappa shape index (κ1) is 16.4. The number of rotatable bonds is 5. The third kappa shape index (κ3) is 3.74. The first-order valence-corrected chi connectivity index (χ1v) is 9.85. The van der Waals surface area contributed by atoms with Crippen molar-refractivity contribution in [1.29, 1.82) is 0 Å². The molecule has 5 nitrogen and oxygen atoms in total. The van der Waals surface area contributed by atoms with Crippen molar-refractivity contribution in [3.63, 3.8) is 0 Å². The Hall–Kier alpha value is -1.41. The molecule has 0 bridgehead atoms. The number of ether oxygens (including phenoxy) is 1. The molecule has 0 unspecified atom stereocenters. The molecule has 1 aliphatic heterocycles. The first-order chi connectivity index (χ1) is 11.1. The van der Waals surface area contributed by atoms with Crippen molar-refractivity contribution < 1.29 is 13.2 Å². The summed E-state index contributed by atoms with van der Waals surface area (Å²) < 4.78 is 32.1. The summed E-state index contributed by atoms with van der Waals surface area (Å²) in [4.78, 5) is 2.59. The number of piperazine rings is 1. The van der Waals surface area contributed by atoms with Gasteiger partial charge in [-0.25, -0.2) is 8.42 Å². The van der Waals surface area contributed by atoms with Crippen molar-refractivity contribution in [1.82, 2.24) is 9.21 Å². The van der Waals surface area contributed by atoms with Crippen molar-refractivity contribution in [3.8, 4) is 5.75 Å². The summed E-state index contributed by atoms with van der Waals surface area (Å²) in [7, 11) is -1.91. The van der Waals surface area contributed by atoms with E-state index in [-0.39, 0.29) is 0 Å². The van der Waals surface area contributed by atoms with E-state index in [1.807, 2.05) is 0 Å². The fraction of sp³-hybridized carbons (Fsp3) is 0.375. The van der Waals surface area contributed by atoms with E-state index < -0.39 is 10.0 Å². The zero-order valence-corrected chi connectivity index (χ0v) is 14.6. The van der Waals surface area contributed by atoms with Crippen LogP contribution in [0.4, 0.5) is 0 Å². The minimum atomic E-state index is -3.45. The monoisotopic (exact) mass is 352 g/mol. The van der Waals surface area contributed by atoms with Gasteiger partial charge in [0.2, 0.25) is 10.0 Å². The molecule has 2 aromatic rings. The molecule has 1 saturated heterocycles. The van der Waals surface area contributed by atoms with Crippen molar-refractivity contribution >= 4 is 21.4 Å². The van der Waals surface area contributed by atoms with Crippen LogP contribution in [0.25, 0.3) is 0 Å². The molecule has 0 N–H and O–H groups in total. The molecule has 0 aliphatic carbocycles. The molecule has 1 aliphatic rings. The number of nitrogens with zero attached hydrogens (tertiary/aromatic N) is 2. The highest BCUT2D eigenvalue weighted by molar-refractivity contribution is 7.89. The Morgan fingerprint density at radius 2 is 1.96 bits per heavy atom. The van der Waals surface area contributed by atoms with E-state index in [2.05, 4.69) is 21.7 Å². The summed E-state index contributed by atoms with van der Waals surface area (Å²) in [6, 6.07) is 8.77. The van der Waals surface area contributed by atoms with Gasteiger partial charge in [0, 0.05) is 38.8 Å². The van der Waals surface area contributed by atoms with Crippen LogP contribution >= 0.6 is 11.3 Å². The second-order valence-corrected chi connectivity index (χ2v) is 8.21. The molecular weight excluding hydrogens is 332 g/mol. The summed E-state index contributed by atoms with van der Waals surface area (Å²) in [5.74, 6) is 0.558. The zero-order chi connectivity index (χ0) is 16.3. The Morgan fingerprint density at radius 1 is 1.17 bits per heavy atom. The molecule has 1 aromatic carbocycles. The molecule has 0 atom stereocenters. The molecule has 1 aromatic heterocycles. The Kier molecular flexibility index (Phi) is 5.01. The number of hydrogen-bond donors (Lipinski definition) is 0. The highest BCUT2D eigenvalue weighted by atomic mass is 32.2. The largest absolute Gasteiger partial charge is 0.497 e. The van der Waals surface area contributed by atoms with Crippen LogP contribution in [0.15, 0.2) is 46.0 Å². The van der Waals surface area contributed by atoms with Crippen LogP contribution < -0.4 is 4.74 Å². The van der Waals surface area contributed by atoms with Gasteiger partial charge in [0.1, 0.15) is 5.75 Å². The highest BCUT2D eigenvalue weighted by Gasteiger charge is 2.28. The quantitative estimate of drug-likeness (QED) is 0.828. The predicted octanol–water partition coefficient (Wildman–Crippen LogP) is 2.26. The summed E-state index contributed by atoms with van der Waals surface area (Å²) in [5.41, 5.74) is 1.29. The molecule has 124 valence electrons. The second-order valence-electron chi connectivity index (χ2n) is 5.49. The number of sulfonamides is 1. The van der Waals surface area contributed by atoms with Crippen LogP contribution in [0.3, 0.4) is 0 Å². The number of thiophene rings is 1. The van der Waals surface area contributed by atoms with Gasteiger partial charge in [0.15, 0.2) is 0 Å². The lowest BCUT2D eigenvalue weighted by atomic mass is 10.3. The lowest BCUT2D eigenvalue weighted by Gasteiger charge is -2.33. The summed E-state index contributed by atoms with van der Waals surface area (Å²) in [5, 5.41) is 4.21. The van der Waals surface area contributed by atoms with Gasteiger partial charge in [0.25, 0.3) is 0 Å². The maximum Gasteiger partial charge on any atom is 0.243 e. The van der Waals surface area contributed by atoms with Gasteiger partial charge >= 0.3 is 0 Å². The fourth-order valence-corrected chi connectivity index (χ4v) is 4.80.